The van der Waals surface area contributed by atoms with Crippen LogP contribution in [0.4, 0.5) is 4.39 Å². The van der Waals surface area contributed by atoms with Gasteiger partial charge in [0.2, 0.25) is 0 Å². The number of hydrogen-bond acceptors (Lipinski definition) is 3. The first-order valence-corrected chi connectivity index (χ1v) is 9.17. The minimum absolute atomic E-state index is 0.00796. The normalized spacial score (nSPS) is 15.8. The van der Waals surface area contributed by atoms with Gasteiger partial charge < -0.3 is 15.2 Å². The van der Waals surface area contributed by atoms with E-state index in [2.05, 4.69) is 25.8 Å². The zero-order valence-corrected chi connectivity index (χ0v) is 16.4. The van der Waals surface area contributed by atoms with Crippen LogP contribution in [0.15, 0.2) is 17.1 Å². The van der Waals surface area contributed by atoms with Gasteiger partial charge in [-0.2, -0.15) is 0 Å². The molecule has 0 radical (unpaired) electrons. The Morgan fingerprint density at radius 1 is 1.35 bits per heavy atom. The van der Waals surface area contributed by atoms with Gasteiger partial charge in [-0.05, 0) is 44.4 Å². The molecule has 6 nitrogen and oxygen atoms in total. The van der Waals surface area contributed by atoms with Crippen molar-refractivity contribution in [1.82, 2.24) is 25.4 Å². The van der Waals surface area contributed by atoms with Gasteiger partial charge >= 0.3 is 0 Å². The van der Waals surface area contributed by atoms with Gasteiger partial charge in [0, 0.05) is 18.1 Å². The Morgan fingerprint density at radius 2 is 2.08 bits per heavy atom. The Balaban J connectivity index is 1.76. The van der Waals surface area contributed by atoms with E-state index < -0.39 is 5.82 Å². The molecule has 0 bridgehead atoms. The molecule has 2 aromatic rings. The van der Waals surface area contributed by atoms with E-state index in [4.69, 9.17) is 23.2 Å². The fraction of sp³-hybridized carbons (Fsp3) is 0.471. The molecule has 140 valence electrons. The van der Waals surface area contributed by atoms with Crippen LogP contribution >= 0.6 is 23.2 Å². The molecule has 0 aliphatic heterocycles. The Hall–Kier alpha value is -1.86. The summed E-state index contributed by atoms with van der Waals surface area (Å²) in [5.74, 6) is 1.73. The molecular formula is C17H21Cl2FN6. The summed E-state index contributed by atoms with van der Waals surface area (Å²) in [7, 11) is 1.90. The molecule has 1 aromatic heterocycles. The minimum atomic E-state index is -0.497. The van der Waals surface area contributed by atoms with E-state index in [1.165, 1.54) is 12.1 Å². The van der Waals surface area contributed by atoms with Crippen LogP contribution in [0, 0.1) is 12.7 Å². The lowest BCUT2D eigenvalue weighted by Gasteiger charge is -2.20. The van der Waals surface area contributed by atoms with Crippen molar-refractivity contribution in [2.75, 3.05) is 0 Å². The predicted octanol–water partition coefficient (Wildman–Crippen LogP) is 3.53. The topological polar surface area (TPSA) is 67.1 Å². The Bertz CT molecular complexity index is 831. The molecule has 1 unspecified atom stereocenters. The third kappa shape index (κ3) is 4.45. The van der Waals surface area contributed by atoms with Crippen molar-refractivity contribution in [1.29, 1.82) is 0 Å². The molecule has 0 spiro atoms. The highest BCUT2D eigenvalue weighted by atomic mass is 35.5. The van der Waals surface area contributed by atoms with Crippen LogP contribution in [0.3, 0.4) is 0 Å². The van der Waals surface area contributed by atoms with Crippen molar-refractivity contribution in [2.24, 2.45) is 12.0 Å². The molecule has 1 heterocycles. The minimum Gasteiger partial charge on any atom is -0.354 e. The van der Waals surface area contributed by atoms with Crippen LogP contribution in [0.5, 0.6) is 0 Å². The molecule has 1 aliphatic carbocycles. The van der Waals surface area contributed by atoms with E-state index in [0.717, 1.165) is 24.5 Å². The standard InChI is InChI=1S/C17H21Cl2FN6/c1-9(12-6-15(20)14(19)7-13(12)18)22-17(23-11-4-5-11)21-8-16-25-24-10(2)26(16)3/h6-7,9,11H,4-5,8H2,1-3H3,(H2,21,22,23). The van der Waals surface area contributed by atoms with Gasteiger partial charge in [-0.15, -0.1) is 10.2 Å². The zero-order valence-electron chi connectivity index (χ0n) is 14.9. The van der Waals surface area contributed by atoms with Crippen LogP contribution in [0.1, 0.15) is 43.0 Å². The second-order valence-electron chi connectivity index (χ2n) is 6.46. The first-order chi connectivity index (χ1) is 12.3. The van der Waals surface area contributed by atoms with Gasteiger partial charge in [0.1, 0.15) is 18.2 Å². The maximum absolute atomic E-state index is 13.8. The number of aryl methyl sites for hydroxylation is 1. The summed E-state index contributed by atoms with van der Waals surface area (Å²) in [6.45, 7) is 4.17. The number of hydrogen-bond donors (Lipinski definition) is 2. The highest BCUT2D eigenvalue weighted by Crippen LogP contribution is 2.28. The maximum atomic E-state index is 13.8. The summed E-state index contributed by atoms with van der Waals surface area (Å²) in [5.41, 5.74) is 0.619. The van der Waals surface area contributed by atoms with Gasteiger partial charge in [-0.25, -0.2) is 9.38 Å². The third-order valence-corrected chi connectivity index (χ3v) is 4.96. The molecular weight excluding hydrogens is 378 g/mol. The highest BCUT2D eigenvalue weighted by Gasteiger charge is 2.24. The van der Waals surface area contributed by atoms with E-state index in [1.807, 2.05) is 25.5 Å². The van der Waals surface area contributed by atoms with E-state index in [9.17, 15) is 4.39 Å². The number of nitrogens with one attached hydrogen (secondary N) is 2. The second kappa shape index (κ2) is 7.80. The number of aromatic nitrogens is 3. The van der Waals surface area contributed by atoms with E-state index >= 15 is 0 Å². The lowest BCUT2D eigenvalue weighted by molar-refractivity contribution is 0.615. The molecule has 0 amide bonds. The summed E-state index contributed by atoms with van der Waals surface area (Å²) in [6, 6.07) is 2.93. The molecule has 1 aliphatic rings. The SMILES string of the molecule is Cc1nnc(CN=C(NC2CC2)NC(C)c2cc(F)c(Cl)cc2Cl)n1C. The summed E-state index contributed by atoms with van der Waals surface area (Å²) in [4.78, 5) is 4.59. The zero-order chi connectivity index (χ0) is 18.8. The van der Waals surface area contributed by atoms with Crippen LogP contribution in [0.2, 0.25) is 10.0 Å². The van der Waals surface area contributed by atoms with E-state index in [0.29, 0.717) is 29.1 Å². The number of aliphatic imine (C=N–C) groups is 1. The summed E-state index contributed by atoms with van der Waals surface area (Å²) < 4.78 is 15.7. The van der Waals surface area contributed by atoms with Crippen molar-refractivity contribution >= 4 is 29.2 Å². The summed E-state index contributed by atoms with van der Waals surface area (Å²) in [6.07, 6.45) is 2.21. The predicted molar refractivity (Wildman–Crippen MR) is 101 cm³/mol. The van der Waals surface area contributed by atoms with Gasteiger partial charge in [0.05, 0.1) is 11.1 Å². The van der Waals surface area contributed by atoms with E-state index in [1.54, 1.807) is 0 Å². The Morgan fingerprint density at radius 3 is 2.69 bits per heavy atom. The largest absolute Gasteiger partial charge is 0.354 e. The monoisotopic (exact) mass is 398 g/mol. The van der Waals surface area contributed by atoms with Crippen LogP contribution in [-0.4, -0.2) is 26.8 Å². The maximum Gasteiger partial charge on any atom is 0.192 e. The average Bonchev–Trinajstić information content (AvgIpc) is 3.35. The number of rotatable bonds is 5. The van der Waals surface area contributed by atoms with Crippen LogP contribution in [0.25, 0.3) is 0 Å². The van der Waals surface area contributed by atoms with Gasteiger partial charge in [0.25, 0.3) is 0 Å². The van der Waals surface area contributed by atoms with Gasteiger partial charge in [-0.1, -0.05) is 23.2 Å². The number of nitrogens with zero attached hydrogens (tertiary/aromatic N) is 4. The van der Waals surface area contributed by atoms with Crippen molar-refractivity contribution in [3.8, 4) is 0 Å². The molecule has 3 rings (SSSR count). The Kier molecular flexibility index (Phi) is 5.67. The third-order valence-electron chi connectivity index (χ3n) is 4.34. The number of halogens is 3. The summed E-state index contributed by atoms with van der Waals surface area (Å²) >= 11 is 12.0. The molecule has 2 N–H and O–H groups in total. The quantitative estimate of drug-likeness (QED) is 0.459. The lowest BCUT2D eigenvalue weighted by atomic mass is 10.1. The first kappa shape index (κ1) is 18.9. The fourth-order valence-electron chi connectivity index (χ4n) is 2.45. The molecule has 1 fully saturated rings. The van der Waals surface area contributed by atoms with Gasteiger partial charge in [-0.3, -0.25) is 0 Å². The van der Waals surface area contributed by atoms with Gasteiger partial charge in [0.15, 0.2) is 11.8 Å². The smallest absolute Gasteiger partial charge is 0.192 e. The van der Waals surface area contributed by atoms with Crippen molar-refractivity contribution < 1.29 is 4.39 Å². The van der Waals surface area contributed by atoms with Crippen molar-refractivity contribution in [3.05, 3.63) is 45.2 Å². The molecule has 1 saturated carbocycles. The fourth-order valence-corrected chi connectivity index (χ4v) is 2.99. The highest BCUT2D eigenvalue weighted by molar-refractivity contribution is 6.35. The Labute approximate surface area is 161 Å². The molecule has 1 aromatic carbocycles. The molecule has 0 saturated heterocycles. The molecule has 26 heavy (non-hydrogen) atoms. The molecule has 1 atom stereocenters. The first-order valence-electron chi connectivity index (χ1n) is 8.42. The van der Waals surface area contributed by atoms with E-state index in [-0.39, 0.29) is 11.1 Å². The average molecular weight is 399 g/mol. The number of guanidine groups is 1. The molecule has 9 heteroatoms. The van der Waals surface area contributed by atoms with Crippen LogP contribution < -0.4 is 10.6 Å². The summed E-state index contributed by atoms with van der Waals surface area (Å²) in [5, 5.41) is 15.2. The van der Waals surface area contributed by atoms with Crippen molar-refractivity contribution in [3.63, 3.8) is 0 Å². The van der Waals surface area contributed by atoms with Crippen molar-refractivity contribution in [2.45, 2.75) is 45.3 Å². The number of benzene rings is 1. The second-order valence-corrected chi connectivity index (χ2v) is 7.27. The lowest BCUT2D eigenvalue weighted by Crippen LogP contribution is -2.40. The van der Waals surface area contributed by atoms with Crippen LogP contribution in [-0.2, 0) is 13.6 Å².